The van der Waals surface area contributed by atoms with Crippen LogP contribution in [0.5, 0.6) is 0 Å². The lowest BCUT2D eigenvalue weighted by molar-refractivity contribution is -0.0390. The average Bonchev–Trinajstić information content (AvgIpc) is 2.40. The zero-order chi connectivity index (χ0) is 14.6. The van der Waals surface area contributed by atoms with E-state index in [1.54, 1.807) is 13.2 Å². The van der Waals surface area contributed by atoms with Gasteiger partial charge in [-0.3, -0.25) is 0 Å². The van der Waals surface area contributed by atoms with Crippen molar-refractivity contribution in [1.29, 1.82) is 0 Å². The summed E-state index contributed by atoms with van der Waals surface area (Å²) in [4.78, 5) is 0. The molecule has 1 fully saturated rings. The third-order valence-electron chi connectivity index (χ3n) is 3.07. The van der Waals surface area contributed by atoms with E-state index in [0.29, 0.717) is 18.8 Å². The molecule has 2 rings (SSSR count). The summed E-state index contributed by atoms with van der Waals surface area (Å²) < 4.78 is 35.0. The smallest absolute Gasteiger partial charge is 0.407 e. The van der Waals surface area contributed by atoms with Gasteiger partial charge in [0.15, 0.2) is 0 Å². The zero-order valence-electron chi connectivity index (χ0n) is 12.1. The van der Waals surface area contributed by atoms with Crippen LogP contribution in [0.2, 0.25) is 0 Å². The summed E-state index contributed by atoms with van der Waals surface area (Å²) in [5, 5.41) is 0. The molecule has 1 saturated heterocycles. The predicted octanol–water partition coefficient (Wildman–Crippen LogP) is 1.71. The molecule has 0 saturated carbocycles. The fourth-order valence-corrected chi connectivity index (χ4v) is 2.04. The molecular formula is C14H20BFO4. The number of methoxy groups -OCH3 is 1. The normalized spacial score (nSPS) is 18.3. The topological polar surface area (TPSA) is 36.9 Å². The lowest BCUT2D eigenvalue weighted by Gasteiger charge is -2.33. The molecule has 0 atom stereocenters. The first-order chi connectivity index (χ1) is 9.52. The Morgan fingerprint density at radius 2 is 2.00 bits per heavy atom. The van der Waals surface area contributed by atoms with Crippen molar-refractivity contribution in [3.8, 4) is 0 Å². The summed E-state index contributed by atoms with van der Waals surface area (Å²) in [6.07, 6.45) is 0. The number of benzene rings is 1. The van der Waals surface area contributed by atoms with E-state index in [1.807, 2.05) is 0 Å². The van der Waals surface area contributed by atoms with E-state index in [0.717, 1.165) is 5.46 Å². The molecule has 0 amide bonds. The van der Waals surface area contributed by atoms with Gasteiger partial charge >= 0.3 is 7.12 Å². The van der Waals surface area contributed by atoms with Gasteiger partial charge in [0, 0.05) is 25.7 Å². The second-order valence-corrected chi connectivity index (χ2v) is 5.72. The quantitative estimate of drug-likeness (QED) is 0.468. The number of hydrogen-bond acceptors (Lipinski definition) is 4. The summed E-state index contributed by atoms with van der Waals surface area (Å²) in [7, 11) is 1.08. The molecule has 0 aliphatic carbocycles. The summed E-state index contributed by atoms with van der Waals surface area (Å²) in [6.45, 7) is 5.79. The van der Waals surface area contributed by atoms with Gasteiger partial charge in [0.2, 0.25) is 0 Å². The molecule has 0 spiro atoms. The standard InChI is InChI=1S/C14H20BFO4/c1-14(2)8-19-15(20-9-14)13-5-4-12(16)6-11(13)7-18-10-17-3/h4-6H,7-10H2,1-3H3. The molecule has 20 heavy (non-hydrogen) atoms. The Labute approximate surface area is 119 Å². The first kappa shape index (κ1) is 15.4. The summed E-state index contributed by atoms with van der Waals surface area (Å²) >= 11 is 0. The van der Waals surface area contributed by atoms with Crippen LogP contribution in [0.25, 0.3) is 0 Å². The molecule has 0 bridgehead atoms. The number of rotatable bonds is 5. The minimum absolute atomic E-state index is 0.00322. The van der Waals surface area contributed by atoms with Crippen molar-refractivity contribution in [3.05, 3.63) is 29.6 Å². The fourth-order valence-electron chi connectivity index (χ4n) is 2.04. The first-order valence-electron chi connectivity index (χ1n) is 6.60. The molecule has 0 radical (unpaired) electrons. The highest BCUT2D eigenvalue weighted by atomic mass is 19.1. The molecule has 1 heterocycles. The van der Waals surface area contributed by atoms with E-state index >= 15 is 0 Å². The van der Waals surface area contributed by atoms with Crippen molar-refractivity contribution in [2.45, 2.75) is 20.5 Å². The van der Waals surface area contributed by atoms with Gasteiger partial charge in [-0.1, -0.05) is 19.9 Å². The highest BCUT2D eigenvalue weighted by Crippen LogP contribution is 2.22. The van der Waals surface area contributed by atoms with E-state index in [-0.39, 0.29) is 24.6 Å². The molecule has 1 aromatic rings. The Hall–Kier alpha value is -0.945. The van der Waals surface area contributed by atoms with Crippen LogP contribution in [-0.4, -0.2) is 34.2 Å². The molecule has 1 aliphatic rings. The maximum atomic E-state index is 13.4. The third-order valence-corrected chi connectivity index (χ3v) is 3.07. The van der Waals surface area contributed by atoms with Crippen LogP contribution in [0, 0.1) is 11.2 Å². The molecule has 0 aromatic heterocycles. The van der Waals surface area contributed by atoms with E-state index in [4.69, 9.17) is 18.8 Å². The third kappa shape index (κ3) is 4.02. The van der Waals surface area contributed by atoms with Gasteiger partial charge in [0.1, 0.15) is 12.6 Å². The van der Waals surface area contributed by atoms with Crippen LogP contribution in [-0.2, 0) is 25.4 Å². The van der Waals surface area contributed by atoms with Crippen molar-refractivity contribution >= 4 is 12.6 Å². The SMILES string of the molecule is COCOCc1cc(F)ccc1B1OCC(C)(C)CO1. The molecular weight excluding hydrogens is 262 g/mol. The van der Waals surface area contributed by atoms with Gasteiger partial charge in [-0.25, -0.2) is 4.39 Å². The Kier molecular flexibility index (Phi) is 5.15. The number of ether oxygens (including phenoxy) is 2. The summed E-state index contributed by atoms with van der Waals surface area (Å²) in [6, 6.07) is 4.53. The van der Waals surface area contributed by atoms with Crippen LogP contribution < -0.4 is 5.46 Å². The van der Waals surface area contributed by atoms with E-state index in [9.17, 15) is 4.39 Å². The molecule has 1 aromatic carbocycles. The van der Waals surface area contributed by atoms with Crippen LogP contribution in [0.1, 0.15) is 19.4 Å². The van der Waals surface area contributed by atoms with Crippen molar-refractivity contribution in [3.63, 3.8) is 0 Å². The van der Waals surface area contributed by atoms with Gasteiger partial charge in [-0.2, -0.15) is 0 Å². The molecule has 4 nitrogen and oxygen atoms in total. The first-order valence-corrected chi connectivity index (χ1v) is 6.60. The van der Waals surface area contributed by atoms with E-state index in [2.05, 4.69) is 13.8 Å². The number of halogens is 1. The van der Waals surface area contributed by atoms with E-state index < -0.39 is 7.12 Å². The van der Waals surface area contributed by atoms with Crippen molar-refractivity contribution in [1.82, 2.24) is 0 Å². The lowest BCUT2D eigenvalue weighted by atomic mass is 9.73. The highest BCUT2D eigenvalue weighted by Gasteiger charge is 2.34. The average molecular weight is 282 g/mol. The Morgan fingerprint density at radius 1 is 1.30 bits per heavy atom. The van der Waals surface area contributed by atoms with Crippen molar-refractivity contribution in [2.24, 2.45) is 5.41 Å². The molecule has 6 heteroatoms. The zero-order valence-corrected chi connectivity index (χ0v) is 12.1. The van der Waals surface area contributed by atoms with Gasteiger partial charge in [-0.05, 0) is 23.2 Å². The maximum Gasteiger partial charge on any atom is 0.494 e. The minimum Gasteiger partial charge on any atom is -0.407 e. The fraction of sp³-hybridized carbons (Fsp3) is 0.571. The number of hydrogen-bond donors (Lipinski definition) is 0. The Morgan fingerprint density at radius 3 is 2.65 bits per heavy atom. The Balaban J connectivity index is 2.10. The largest absolute Gasteiger partial charge is 0.494 e. The second kappa shape index (κ2) is 6.67. The predicted molar refractivity (Wildman–Crippen MR) is 74.1 cm³/mol. The van der Waals surface area contributed by atoms with Crippen LogP contribution in [0.15, 0.2) is 18.2 Å². The van der Waals surface area contributed by atoms with Gasteiger partial charge in [0.25, 0.3) is 0 Å². The van der Waals surface area contributed by atoms with Gasteiger partial charge in [0.05, 0.1) is 6.61 Å². The maximum absolute atomic E-state index is 13.4. The van der Waals surface area contributed by atoms with Crippen molar-refractivity contribution in [2.75, 3.05) is 27.1 Å². The highest BCUT2D eigenvalue weighted by molar-refractivity contribution is 6.62. The minimum atomic E-state index is -0.468. The van der Waals surface area contributed by atoms with Crippen LogP contribution in [0.3, 0.4) is 0 Å². The van der Waals surface area contributed by atoms with Crippen LogP contribution >= 0.6 is 0 Å². The van der Waals surface area contributed by atoms with Crippen molar-refractivity contribution < 1.29 is 23.2 Å². The molecule has 110 valence electrons. The van der Waals surface area contributed by atoms with E-state index in [1.165, 1.54) is 12.1 Å². The van der Waals surface area contributed by atoms with Gasteiger partial charge < -0.3 is 18.8 Å². The molecule has 1 aliphatic heterocycles. The molecule has 0 unspecified atom stereocenters. The monoisotopic (exact) mass is 282 g/mol. The molecule has 0 N–H and O–H groups in total. The Bertz CT molecular complexity index is 443. The summed E-state index contributed by atoms with van der Waals surface area (Å²) in [5.41, 5.74) is 1.52. The second-order valence-electron chi connectivity index (χ2n) is 5.72. The lowest BCUT2D eigenvalue weighted by Crippen LogP contribution is -2.48. The summed E-state index contributed by atoms with van der Waals surface area (Å²) in [5.74, 6) is -0.305. The van der Waals surface area contributed by atoms with Crippen LogP contribution in [0.4, 0.5) is 4.39 Å². The van der Waals surface area contributed by atoms with Gasteiger partial charge in [-0.15, -0.1) is 0 Å².